The van der Waals surface area contributed by atoms with Crippen molar-refractivity contribution in [3.8, 4) is 0 Å². The van der Waals surface area contributed by atoms with Crippen molar-refractivity contribution in [3.05, 3.63) is 0 Å². The molecule has 1 unspecified atom stereocenters. The highest BCUT2D eigenvalue weighted by Crippen LogP contribution is 2.07. The molecule has 3 nitrogen and oxygen atoms in total. The number of hydrogen-bond acceptors (Lipinski definition) is 2. The van der Waals surface area contributed by atoms with Crippen LogP contribution < -0.4 is 5.32 Å². The van der Waals surface area contributed by atoms with Crippen LogP contribution >= 0.6 is 0 Å². The van der Waals surface area contributed by atoms with Gasteiger partial charge in [-0.15, -0.1) is 0 Å². The molecule has 0 radical (unpaired) electrons. The maximum atomic E-state index is 11.7. The van der Waals surface area contributed by atoms with Crippen LogP contribution in [-0.2, 0) is 4.79 Å². The summed E-state index contributed by atoms with van der Waals surface area (Å²) in [5.41, 5.74) is 0. The van der Waals surface area contributed by atoms with Crippen LogP contribution in [0.25, 0.3) is 0 Å². The molecule has 1 amide bonds. The van der Waals surface area contributed by atoms with E-state index in [2.05, 4.69) is 19.2 Å². The largest absolute Gasteiger partial charge is 0.339 e. The Hall–Kier alpha value is -0.570. The Balaban J connectivity index is 2.51. The Morgan fingerprint density at radius 1 is 1.54 bits per heavy atom. The zero-order chi connectivity index (χ0) is 9.68. The molecule has 76 valence electrons. The molecule has 0 spiro atoms. The van der Waals surface area contributed by atoms with Gasteiger partial charge in [-0.2, -0.15) is 0 Å². The van der Waals surface area contributed by atoms with E-state index in [4.69, 9.17) is 0 Å². The number of amides is 1. The second-order valence-electron chi connectivity index (χ2n) is 3.70. The van der Waals surface area contributed by atoms with Crippen molar-refractivity contribution < 1.29 is 4.79 Å². The number of carbonyl (C=O) groups is 1. The molecule has 1 atom stereocenters. The molecular weight excluding hydrogens is 164 g/mol. The van der Waals surface area contributed by atoms with Gasteiger partial charge in [0.2, 0.25) is 5.91 Å². The van der Waals surface area contributed by atoms with Crippen LogP contribution in [-0.4, -0.2) is 36.5 Å². The van der Waals surface area contributed by atoms with E-state index in [9.17, 15) is 4.79 Å². The van der Waals surface area contributed by atoms with E-state index in [0.717, 1.165) is 32.5 Å². The van der Waals surface area contributed by atoms with Crippen LogP contribution in [0.3, 0.4) is 0 Å². The molecule has 1 fully saturated rings. The van der Waals surface area contributed by atoms with Gasteiger partial charge in [-0.1, -0.05) is 6.92 Å². The van der Waals surface area contributed by atoms with E-state index in [-0.39, 0.29) is 0 Å². The van der Waals surface area contributed by atoms with Gasteiger partial charge in [0.15, 0.2) is 0 Å². The van der Waals surface area contributed by atoms with Crippen LogP contribution in [0.1, 0.15) is 33.1 Å². The topological polar surface area (TPSA) is 32.3 Å². The van der Waals surface area contributed by atoms with Gasteiger partial charge >= 0.3 is 0 Å². The maximum absolute atomic E-state index is 11.7. The fraction of sp³-hybridized carbons (Fsp3) is 0.900. The van der Waals surface area contributed by atoms with Crippen molar-refractivity contribution in [3.63, 3.8) is 0 Å². The van der Waals surface area contributed by atoms with E-state index >= 15 is 0 Å². The van der Waals surface area contributed by atoms with Crippen molar-refractivity contribution in [1.82, 2.24) is 10.2 Å². The molecule has 1 heterocycles. The first-order valence-electron chi connectivity index (χ1n) is 5.26. The third kappa shape index (κ3) is 2.99. The van der Waals surface area contributed by atoms with E-state index in [1.54, 1.807) is 0 Å². The average Bonchev–Trinajstić information content (AvgIpc) is 2.11. The smallest absolute Gasteiger partial charge is 0.222 e. The molecular formula is C10H20N2O. The summed E-state index contributed by atoms with van der Waals surface area (Å²) < 4.78 is 0. The lowest BCUT2D eigenvalue weighted by Crippen LogP contribution is -2.44. The Morgan fingerprint density at radius 3 is 3.00 bits per heavy atom. The zero-order valence-corrected chi connectivity index (χ0v) is 8.68. The number of nitrogens with one attached hydrogen (secondary N) is 1. The van der Waals surface area contributed by atoms with Crippen LogP contribution in [0.2, 0.25) is 0 Å². The van der Waals surface area contributed by atoms with E-state index in [1.807, 2.05) is 4.90 Å². The summed E-state index contributed by atoms with van der Waals surface area (Å²) in [6.45, 7) is 7.05. The Kier molecular flexibility index (Phi) is 4.22. The molecule has 1 aliphatic rings. The zero-order valence-electron chi connectivity index (χ0n) is 8.68. The molecule has 1 aliphatic heterocycles. The third-order valence-corrected chi connectivity index (χ3v) is 2.72. The summed E-state index contributed by atoms with van der Waals surface area (Å²) in [4.78, 5) is 13.7. The van der Waals surface area contributed by atoms with Gasteiger partial charge in [0.05, 0.1) is 0 Å². The minimum atomic E-state index is 0.329. The molecule has 0 saturated carbocycles. The van der Waals surface area contributed by atoms with Crippen LogP contribution in [0.15, 0.2) is 0 Å². The average molecular weight is 184 g/mol. The molecule has 1 N–H and O–H groups in total. The highest BCUT2D eigenvalue weighted by Gasteiger charge is 2.18. The molecule has 0 aromatic heterocycles. The predicted molar refractivity (Wildman–Crippen MR) is 53.6 cm³/mol. The monoisotopic (exact) mass is 184 g/mol. The van der Waals surface area contributed by atoms with Crippen molar-refractivity contribution >= 4 is 5.91 Å². The third-order valence-electron chi connectivity index (χ3n) is 2.72. The van der Waals surface area contributed by atoms with Gasteiger partial charge in [0, 0.05) is 25.6 Å². The van der Waals surface area contributed by atoms with Gasteiger partial charge < -0.3 is 10.2 Å². The minimum absolute atomic E-state index is 0.329. The van der Waals surface area contributed by atoms with E-state index in [1.165, 1.54) is 0 Å². The lowest BCUT2D eigenvalue weighted by atomic mass is 10.1. The standard InChI is InChI=1S/C10H20N2O/c1-3-9(2)12-8-7-11-6-4-5-10(12)13/h9,11H,3-8H2,1-2H3. The van der Waals surface area contributed by atoms with E-state index < -0.39 is 0 Å². The fourth-order valence-corrected chi connectivity index (χ4v) is 1.64. The SMILES string of the molecule is CCC(C)N1CCNCCCC1=O. The van der Waals surface area contributed by atoms with Gasteiger partial charge in [-0.25, -0.2) is 0 Å². The summed E-state index contributed by atoms with van der Waals surface area (Å²) in [7, 11) is 0. The van der Waals surface area contributed by atoms with Crippen molar-refractivity contribution in [2.45, 2.75) is 39.2 Å². The number of rotatable bonds is 2. The number of nitrogens with zero attached hydrogens (tertiary/aromatic N) is 1. The first kappa shape index (κ1) is 10.5. The molecule has 1 rings (SSSR count). The quantitative estimate of drug-likeness (QED) is 0.694. The fourth-order valence-electron chi connectivity index (χ4n) is 1.64. The number of hydrogen-bond donors (Lipinski definition) is 1. The highest BCUT2D eigenvalue weighted by molar-refractivity contribution is 5.76. The van der Waals surface area contributed by atoms with Crippen LogP contribution in [0, 0.1) is 0 Å². The number of carbonyl (C=O) groups excluding carboxylic acids is 1. The summed E-state index contributed by atoms with van der Waals surface area (Å²) in [5, 5.41) is 3.32. The lowest BCUT2D eigenvalue weighted by molar-refractivity contribution is -0.133. The van der Waals surface area contributed by atoms with Gasteiger partial charge in [-0.05, 0) is 26.3 Å². The normalized spacial score (nSPS) is 22.3. The second kappa shape index (κ2) is 5.22. The first-order valence-corrected chi connectivity index (χ1v) is 5.26. The van der Waals surface area contributed by atoms with Gasteiger partial charge in [0.25, 0.3) is 0 Å². The molecule has 3 heteroatoms. The van der Waals surface area contributed by atoms with Gasteiger partial charge in [-0.3, -0.25) is 4.79 Å². The molecule has 1 saturated heterocycles. The summed E-state index contributed by atoms with van der Waals surface area (Å²) in [6, 6.07) is 0.396. The second-order valence-corrected chi connectivity index (χ2v) is 3.70. The molecule has 13 heavy (non-hydrogen) atoms. The van der Waals surface area contributed by atoms with Crippen molar-refractivity contribution in [2.75, 3.05) is 19.6 Å². The van der Waals surface area contributed by atoms with E-state index in [0.29, 0.717) is 18.4 Å². The Bertz CT molecular complexity index is 170. The first-order chi connectivity index (χ1) is 6.25. The molecule has 0 aromatic carbocycles. The maximum Gasteiger partial charge on any atom is 0.222 e. The molecule has 0 aromatic rings. The van der Waals surface area contributed by atoms with Crippen LogP contribution in [0.5, 0.6) is 0 Å². The Labute approximate surface area is 80.5 Å². The summed E-state index contributed by atoms with van der Waals surface area (Å²) in [5.74, 6) is 0.329. The molecule has 0 bridgehead atoms. The van der Waals surface area contributed by atoms with Crippen molar-refractivity contribution in [2.24, 2.45) is 0 Å². The van der Waals surface area contributed by atoms with Gasteiger partial charge in [0.1, 0.15) is 0 Å². The highest BCUT2D eigenvalue weighted by atomic mass is 16.2. The summed E-state index contributed by atoms with van der Waals surface area (Å²) in [6.07, 6.45) is 2.73. The van der Waals surface area contributed by atoms with Crippen LogP contribution in [0.4, 0.5) is 0 Å². The predicted octanol–water partition coefficient (Wildman–Crippen LogP) is 0.997. The molecule has 0 aliphatic carbocycles. The Morgan fingerprint density at radius 2 is 2.31 bits per heavy atom. The van der Waals surface area contributed by atoms with Crippen molar-refractivity contribution in [1.29, 1.82) is 0 Å². The lowest BCUT2D eigenvalue weighted by Gasteiger charge is -2.30. The summed E-state index contributed by atoms with van der Waals surface area (Å²) >= 11 is 0. The minimum Gasteiger partial charge on any atom is -0.339 e.